The lowest BCUT2D eigenvalue weighted by atomic mass is 9.93. The fourth-order valence-corrected chi connectivity index (χ4v) is 4.43. The summed E-state index contributed by atoms with van der Waals surface area (Å²) in [6.07, 6.45) is 5.06. The van der Waals surface area contributed by atoms with Gasteiger partial charge >= 0.3 is 0 Å². The standard InChI is InChI=1S/C27H24/c1-2-3-4-7-19-10-13-23-21(18-19)12-15-27-25(23)17-16-24-22-9-6-5-8-20(22)11-14-26(24)27/h5-6,8-18H,2-4,7H2,1H3. The molecule has 0 amide bonds. The van der Waals surface area contributed by atoms with Gasteiger partial charge in [-0.25, -0.2) is 0 Å². The zero-order chi connectivity index (χ0) is 18.2. The number of fused-ring (bicyclic) bond motifs is 7. The Labute approximate surface area is 160 Å². The van der Waals surface area contributed by atoms with Crippen molar-refractivity contribution in [3.8, 4) is 0 Å². The lowest BCUT2D eigenvalue weighted by Crippen LogP contribution is -1.87. The van der Waals surface area contributed by atoms with E-state index in [1.807, 2.05) is 0 Å². The number of benzene rings is 5. The molecule has 0 nitrogen and oxygen atoms in total. The third kappa shape index (κ3) is 2.77. The minimum absolute atomic E-state index is 1.19. The highest BCUT2D eigenvalue weighted by Gasteiger charge is 2.07. The second-order valence-corrected chi connectivity index (χ2v) is 7.62. The first-order valence-corrected chi connectivity index (χ1v) is 10.1. The van der Waals surface area contributed by atoms with Gasteiger partial charge < -0.3 is 0 Å². The first-order chi connectivity index (χ1) is 13.3. The summed E-state index contributed by atoms with van der Waals surface area (Å²) in [6.45, 7) is 2.26. The van der Waals surface area contributed by atoms with E-state index in [0.717, 1.165) is 0 Å². The maximum atomic E-state index is 2.38. The van der Waals surface area contributed by atoms with Crippen molar-refractivity contribution in [3.63, 3.8) is 0 Å². The van der Waals surface area contributed by atoms with Crippen molar-refractivity contribution in [1.82, 2.24) is 0 Å². The van der Waals surface area contributed by atoms with Gasteiger partial charge in [0.1, 0.15) is 0 Å². The Kier molecular flexibility index (Phi) is 4.05. The van der Waals surface area contributed by atoms with Crippen LogP contribution in [0.15, 0.2) is 78.9 Å². The molecule has 0 atom stereocenters. The Morgan fingerprint density at radius 1 is 0.519 bits per heavy atom. The minimum atomic E-state index is 1.19. The zero-order valence-corrected chi connectivity index (χ0v) is 15.8. The summed E-state index contributed by atoms with van der Waals surface area (Å²) in [5.41, 5.74) is 1.46. The molecule has 0 aliphatic heterocycles. The summed E-state index contributed by atoms with van der Waals surface area (Å²) in [6, 6.07) is 29.4. The number of unbranched alkanes of at least 4 members (excludes halogenated alkanes) is 2. The minimum Gasteiger partial charge on any atom is -0.0654 e. The molecule has 0 aromatic heterocycles. The highest BCUT2D eigenvalue weighted by atomic mass is 14.1. The molecule has 0 bridgehead atoms. The first kappa shape index (κ1) is 16.3. The topological polar surface area (TPSA) is 0 Å². The van der Waals surface area contributed by atoms with Gasteiger partial charge in [0, 0.05) is 0 Å². The number of rotatable bonds is 4. The Bertz CT molecular complexity index is 1280. The van der Waals surface area contributed by atoms with E-state index in [9.17, 15) is 0 Å². The molecule has 0 saturated heterocycles. The van der Waals surface area contributed by atoms with Crippen LogP contribution in [0, 0.1) is 0 Å². The molecule has 0 radical (unpaired) electrons. The van der Waals surface area contributed by atoms with Crippen molar-refractivity contribution in [2.45, 2.75) is 32.6 Å². The molecule has 0 heteroatoms. The predicted molar refractivity (Wildman–Crippen MR) is 120 cm³/mol. The Morgan fingerprint density at radius 3 is 1.89 bits per heavy atom. The molecule has 5 rings (SSSR count). The molecule has 0 aliphatic rings. The van der Waals surface area contributed by atoms with Crippen LogP contribution in [0.25, 0.3) is 43.1 Å². The summed E-state index contributed by atoms with van der Waals surface area (Å²) in [5.74, 6) is 0. The molecular formula is C27H24. The van der Waals surface area contributed by atoms with Gasteiger partial charge in [0.25, 0.3) is 0 Å². The summed E-state index contributed by atoms with van der Waals surface area (Å²) >= 11 is 0. The van der Waals surface area contributed by atoms with E-state index in [1.165, 1.54) is 74.3 Å². The number of hydrogen-bond acceptors (Lipinski definition) is 0. The van der Waals surface area contributed by atoms with Crippen molar-refractivity contribution in [2.24, 2.45) is 0 Å². The first-order valence-electron chi connectivity index (χ1n) is 10.1. The van der Waals surface area contributed by atoms with E-state index >= 15 is 0 Å². The van der Waals surface area contributed by atoms with Crippen LogP contribution >= 0.6 is 0 Å². The van der Waals surface area contributed by atoms with Crippen molar-refractivity contribution in [3.05, 3.63) is 84.4 Å². The van der Waals surface area contributed by atoms with Crippen LogP contribution in [-0.4, -0.2) is 0 Å². The molecule has 5 aromatic carbocycles. The Hall–Kier alpha value is -2.86. The molecule has 27 heavy (non-hydrogen) atoms. The van der Waals surface area contributed by atoms with Crippen molar-refractivity contribution < 1.29 is 0 Å². The fourth-order valence-electron chi connectivity index (χ4n) is 4.43. The molecule has 132 valence electrons. The molecule has 0 heterocycles. The third-order valence-corrected chi connectivity index (χ3v) is 5.87. The average Bonchev–Trinajstić information content (AvgIpc) is 2.73. The lowest BCUT2D eigenvalue weighted by Gasteiger charge is -2.11. The van der Waals surface area contributed by atoms with Gasteiger partial charge in [-0.05, 0) is 61.5 Å². The largest absolute Gasteiger partial charge is 0.0654 e. The molecule has 0 N–H and O–H groups in total. The maximum absolute atomic E-state index is 2.38. The van der Waals surface area contributed by atoms with Gasteiger partial charge in [-0.15, -0.1) is 0 Å². The third-order valence-electron chi connectivity index (χ3n) is 5.87. The van der Waals surface area contributed by atoms with E-state index in [0.29, 0.717) is 0 Å². The molecule has 0 unspecified atom stereocenters. The Morgan fingerprint density at radius 2 is 1.11 bits per heavy atom. The number of hydrogen-bond donors (Lipinski definition) is 0. The van der Waals surface area contributed by atoms with Crippen LogP contribution < -0.4 is 0 Å². The summed E-state index contributed by atoms with van der Waals surface area (Å²) in [5, 5.41) is 10.8. The second kappa shape index (κ2) is 6.70. The quantitative estimate of drug-likeness (QED) is 0.228. The molecule has 0 saturated carbocycles. The van der Waals surface area contributed by atoms with E-state index in [4.69, 9.17) is 0 Å². The van der Waals surface area contributed by atoms with Crippen molar-refractivity contribution >= 4 is 43.1 Å². The van der Waals surface area contributed by atoms with Gasteiger partial charge in [-0.3, -0.25) is 0 Å². The highest BCUT2D eigenvalue weighted by Crippen LogP contribution is 2.34. The van der Waals surface area contributed by atoms with Crippen molar-refractivity contribution in [2.75, 3.05) is 0 Å². The Balaban J connectivity index is 1.71. The molecule has 5 aromatic rings. The van der Waals surface area contributed by atoms with Crippen LogP contribution in [0.2, 0.25) is 0 Å². The lowest BCUT2D eigenvalue weighted by molar-refractivity contribution is 0.718. The second-order valence-electron chi connectivity index (χ2n) is 7.62. The van der Waals surface area contributed by atoms with E-state index < -0.39 is 0 Å². The molecular weight excluding hydrogens is 324 g/mol. The van der Waals surface area contributed by atoms with Gasteiger partial charge in [-0.1, -0.05) is 98.6 Å². The predicted octanol–water partition coefficient (Wildman–Crippen LogP) is 8.03. The van der Waals surface area contributed by atoms with Crippen LogP contribution in [0.5, 0.6) is 0 Å². The van der Waals surface area contributed by atoms with Gasteiger partial charge in [0.15, 0.2) is 0 Å². The van der Waals surface area contributed by atoms with Gasteiger partial charge in [-0.2, -0.15) is 0 Å². The van der Waals surface area contributed by atoms with Crippen LogP contribution in [-0.2, 0) is 6.42 Å². The van der Waals surface area contributed by atoms with Gasteiger partial charge in [0.2, 0.25) is 0 Å². The maximum Gasteiger partial charge on any atom is -0.00987 e. The van der Waals surface area contributed by atoms with Crippen LogP contribution in [0.4, 0.5) is 0 Å². The average molecular weight is 348 g/mol. The summed E-state index contributed by atoms with van der Waals surface area (Å²) in [7, 11) is 0. The van der Waals surface area contributed by atoms with Crippen LogP contribution in [0.1, 0.15) is 31.7 Å². The van der Waals surface area contributed by atoms with Crippen molar-refractivity contribution in [1.29, 1.82) is 0 Å². The normalized spacial score (nSPS) is 11.7. The summed E-state index contributed by atoms with van der Waals surface area (Å²) in [4.78, 5) is 0. The van der Waals surface area contributed by atoms with Gasteiger partial charge in [0.05, 0.1) is 0 Å². The van der Waals surface area contributed by atoms with E-state index in [-0.39, 0.29) is 0 Å². The zero-order valence-electron chi connectivity index (χ0n) is 15.8. The summed E-state index contributed by atoms with van der Waals surface area (Å²) < 4.78 is 0. The molecule has 0 fully saturated rings. The fraction of sp³-hybridized carbons (Fsp3) is 0.185. The van der Waals surface area contributed by atoms with E-state index in [2.05, 4.69) is 85.8 Å². The highest BCUT2D eigenvalue weighted by molar-refractivity contribution is 6.22. The smallest absolute Gasteiger partial charge is 0.00987 e. The molecule has 0 spiro atoms. The van der Waals surface area contributed by atoms with E-state index in [1.54, 1.807) is 0 Å². The number of aryl methyl sites for hydroxylation is 1. The SMILES string of the molecule is CCCCCc1ccc2c(ccc3c2ccc2c4ccccc4ccc23)c1. The monoisotopic (exact) mass is 348 g/mol. The molecule has 0 aliphatic carbocycles. The van der Waals surface area contributed by atoms with Crippen LogP contribution in [0.3, 0.4) is 0 Å².